The van der Waals surface area contributed by atoms with Crippen molar-refractivity contribution in [1.82, 2.24) is 10.6 Å². The number of amides is 1. The van der Waals surface area contributed by atoms with Crippen LogP contribution in [0.25, 0.3) is 0 Å². The molecular weight excluding hydrogens is 286 g/mol. The monoisotopic (exact) mass is 309 g/mol. The van der Waals surface area contributed by atoms with Gasteiger partial charge in [0.05, 0.1) is 6.04 Å². The van der Waals surface area contributed by atoms with E-state index in [0.717, 1.165) is 13.1 Å². The molecule has 1 atom stereocenters. The predicted octanol–water partition coefficient (Wildman–Crippen LogP) is 2.97. The first-order valence-electron chi connectivity index (χ1n) is 8.04. The molecule has 23 heavy (non-hydrogen) atoms. The standard InChI is InChI=1S/C19H23N3O/c1-12(2)13-6-7-17-15(8-13)10-21-11-18(17)22-19(23)14-4-3-5-16(20)9-14/h3-9,12,18,21H,10-11,20H2,1-2H3,(H,22,23). The van der Waals surface area contributed by atoms with Crippen molar-refractivity contribution in [2.75, 3.05) is 12.3 Å². The van der Waals surface area contributed by atoms with Crippen LogP contribution in [0.3, 0.4) is 0 Å². The van der Waals surface area contributed by atoms with Crippen molar-refractivity contribution in [2.24, 2.45) is 0 Å². The number of benzene rings is 2. The molecule has 2 aromatic rings. The van der Waals surface area contributed by atoms with Gasteiger partial charge in [0.25, 0.3) is 5.91 Å². The zero-order valence-corrected chi connectivity index (χ0v) is 13.6. The van der Waals surface area contributed by atoms with Crippen LogP contribution >= 0.6 is 0 Å². The van der Waals surface area contributed by atoms with Crippen LogP contribution in [-0.4, -0.2) is 12.5 Å². The molecule has 0 saturated carbocycles. The first kappa shape index (κ1) is 15.6. The lowest BCUT2D eigenvalue weighted by Crippen LogP contribution is -2.39. The fourth-order valence-electron chi connectivity index (χ4n) is 2.99. The molecule has 0 spiro atoms. The van der Waals surface area contributed by atoms with Crippen molar-refractivity contribution in [1.29, 1.82) is 0 Å². The van der Waals surface area contributed by atoms with Gasteiger partial charge in [-0.15, -0.1) is 0 Å². The van der Waals surface area contributed by atoms with Crippen molar-refractivity contribution in [3.63, 3.8) is 0 Å². The van der Waals surface area contributed by atoms with E-state index in [0.29, 0.717) is 17.2 Å². The topological polar surface area (TPSA) is 67.1 Å². The second-order valence-corrected chi connectivity index (χ2v) is 6.40. The van der Waals surface area contributed by atoms with Gasteiger partial charge in [-0.05, 0) is 40.8 Å². The van der Waals surface area contributed by atoms with Crippen molar-refractivity contribution < 1.29 is 4.79 Å². The molecule has 0 fully saturated rings. The van der Waals surface area contributed by atoms with Crippen LogP contribution in [0.2, 0.25) is 0 Å². The van der Waals surface area contributed by atoms with E-state index in [-0.39, 0.29) is 11.9 Å². The number of carbonyl (C=O) groups is 1. The number of hydrogen-bond acceptors (Lipinski definition) is 3. The molecule has 3 rings (SSSR count). The molecule has 1 aliphatic heterocycles. The molecule has 1 unspecified atom stereocenters. The summed E-state index contributed by atoms with van der Waals surface area (Å²) in [5.74, 6) is 0.410. The van der Waals surface area contributed by atoms with Crippen LogP contribution in [0.4, 0.5) is 5.69 Å². The van der Waals surface area contributed by atoms with E-state index in [2.05, 4.69) is 42.7 Å². The van der Waals surface area contributed by atoms with Crippen LogP contribution in [-0.2, 0) is 6.54 Å². The van der Waals surface area contributed by atoms with Gasteiger partial charge in [0, 0.05) is 24.3 Å². The lowest BCUT2D eigenvalue weighted by atomic mass is 9.91. The van der Waals surface area contributed by atoms with Crippen molar-refractivity contribution in [3.05, 3.63) is 64.7 Å². The highest BCUT2D eigenvalue weighted by Gasteiger charge is 2.22. The Morgan fingerprint density at radius 1 is 1.26 bits per heavy atom. The summed E-state index contributed by atoms with van der Waals surface area (Å²) in [5, 5.41) is 6.50. The molecule has 0 aliphatic carbocycles. The average Bonchev–Trinajstić information content (AvgIpc) is 2.54. The Kier molecular flexibility index (Phi) is 4.35. The smallest absolute Gasteiger partial charge is 0.251 e. The van der Waals surface area contributed by atoms with Gasteiger partial charge in [-0.3, -0.25) is 4.79 Å². The average molecular weight is 309 g/mol. The van der Waals surface area contributed by atoms with Gasteiger partial charge in [-0.25, -0.2) is 0 Å². The normalized spacial score (nSPS) is 16.9. The summed E-state index contributed by atoms with van der Waals surface area (Å²) < 4.78 is 0. The number of anilines is 1. The van der Waals surface area contributed by atoms with Gasteiger partial charge in [0.2, 0.25) is 0 Å². The van der Waals surface area contributed by atoms with Gasteiger partial charge in [-0.1, -0.05) is 38.1 Å². The molecule has 0 bridgehead atoms. The SMILES string of the molecule is CC(C)c1ccc2c(c1)CNCC2NC(=O)c1cccc(N)c1. The summed E-state index contributed by atoms with van der Waals surface area (Å²) in [7, 11) is 0. The van der Waals surface area contributed by atoms with Gasteiger partial charge in [0.1, 0.15) is 0 Å². The van der Waals surface area contributed by atoms with Gasteiger partial charge < -0.3 is 16.4 Å². The van der Waals surface area contributed by atoms with Crippen LogP contribution < -0.4 is 16.4 Å². The summed E-state index contributed by atoms with van der Waals surface area (Å²) >= 11 is 0. The highest BCUT2D eigenvalue weighted by Crippen LogP contribution is 2.26. The number of rotatable bonds is 3. The third-order valence-corrected chi connectivity index (χ3v) is 4.33. The van der Waals surface area contributed by atoms with E-state index in [4.69, 9.17) is 5.73 Å². The first-order valence-corrected chi connectivity index (χ1v) is 8.04. The Hall–Kier alpha value is -2.33. The maximum atomic E-state index is 12.5. The number of fused-ring (bicyclic) bond motifs is 1. The fraction of sp³-hybridized carbons (Fsp3) is 0.316. The molecule has 0 radical (unpaired) electrons. The summed E-state index contributed by atoms with van der Waals surface area (Å²) in [6, 6.07) is 13.6. The molecule has 4 N–H and O–H groups in total. The predicted molar refractivity (Wildman–Crippen MR) is 93.3 cm³/mol. The Balaban J connectivity index is 1.82. The molecular formula is C19H23N3O. The Morgan fingerprint density at radius 2 is 2.09 bits per heavy atom. The zero-order valence-electron chi connectivity index (χ0n) is 13.6. The number of nitrogen functional groups attached to an aromatic ring is 1. The van der Waals surface area contributed by atoms with E-state index in [1.54, 1.807) is 24.3 Å². The third-order valence-electron chi connectivity index (χ3n) is 4.33. The van der Waals surface area contributed by atoms with Crippen LogP contribution in [0.5, 0.6) is 0 Å². The van der Waals surface area contributed by atoms with E-state index in [1.165, 1.54) is 16.7 Å². The molecule has 2 aromatic carbocycles. The minimum Gasteiger partial charge on any atom is -0.399 e. The minimum absolute atomic E-state index is 0.0195. The van der Waals surface area contributed by atoms with Crippen molar-refractivity contribution in [3.8, 4) is 0 Å². The van der Waals surface area contributed by atoms with Crippen LogP contribution in [0, 0.1) is 0 Å². The van der Waals surface area contributed by atoms with Crippen molar-refractivity contribution >= 4 is 11.6 Å². The fourth-order valence-corrected chi connectivity index (χ4v) is 2.99. The molecule has 120 valence electrons. The second-order valence-electron chi connectivity index (χ2n) is 6.40. The lowest BCUT2D eigenvalue weighted by Gasteiger charge is -2.28. The van der Waals surface area contributed by atoms with Crippen LogP contribution in [0.15, 0.2) is 42.5 Å². The largest absolute Gasteiger partial charge is 0.399 e. The lowest BCUT2D eigenvalue weighted by molar-refractivity contribution is 0.0934. The molecule has 1 heterocycles. The Labute approximate surface area is 137 Å². The van der Waals surface area contributed by atoms with Gasteiger partial charge >= 0.3 is 0 Å². The number of carbonyl (C=O) groups excluding carboxylic acids is 1. The first-order chi connectivity index (χ1) is 11.0. The number of nitrogens with two attached hydrogens (primary N) is 1. The molecule has 4 nitrogen and oxygen atoms in total. The third kappa shape index (κ3) is 3.37. The minimum atomic E-state index is -0.0927. The van der Waals surface area contributed by atoms with Crippen molar-refractivity contribution in [2.45, 2.75) is 32.4 Å². The summed E-state index contributed by atoms with van der Waals surface area (Å²) in [6.07, 6.45) is 0. The van der Waals surface area contributed by atoms with Crippen LogP contribution in [0.1, 0.15) is 52.9 Å². The Bertz CT molecular complexity index is 724. The quantitative estimate of drug-likeness (QED) is 0.764. The van der Waals surface area contributed by atoms with E-state index in [9.17, 15) is 4.79 Å². The second kappa shape index (κ2) is 6.42. The maximum Gasteiger partial charge on any atom is 0.251 e. The summed E-state index contributed by atoms with van der Waals surface area (Å²) in [5.41, 5.74) is 10.7. The summed E-state index contributed by atoms with van der Waals surface area (Å²) in [6.45, 7) is 5.97. The van der Waals surface area contributed by atoms with E-state index in [1.807, 2.05) is 0 Å². The highest BCUT2D eigenvalue weighted by atomic mass is 16.1. The van der Waals surface area contributed by atoms with E-state index >= 15 is 0 Å². The molecule has 0 saturated heterocycles. The number of hydrogen-bond donors (Lipinski definition) is 3. The van der Waals surface area contributed by atoms with Gasteiger partial charge in [0.15, 0.2) is 0 Å². The van der Waals surface area contributed by atoms with Gasteiger partial charge in [-0.2, -0.15) is 0 Å². The molecule has 4 heteroatoms. The zero-order chi connectivity index (χ0) is 16.4. The Morgan fingerprint density at radius 3 is 2.83 bits per heavy atom. The molecule has 1 aliphatic rings. The number of nitrogens with one attached hydrogen (secondary N) is 2. The summed E-state index contributed by atoms with van der Waals surface area (Å²) in [4.78, 5) is 12.5. The van der Waals surface area contributed by atoms with E-state index < -0.39 is 0 Å². The maximum absolute atomic E-state index is 12.5. The molecule has 0 aromatic heterocycles. The highest BCUT2D eigenvalue weighted by molar-refractivity contribution is 5.95. The molecule has 1 amide bonds.